The average Bonchev–Trinajstić information content (AvgIpc) is 2.86. The van der Waals surface area contributed by atoms with Gasteiger partial charge >= 0.3 is 0 Å². The van der Waals surface area contributed by atoms with Gasteiger partial charge in [-0.15, -0.1) is 0 Å². The van der Waals surface area contributed by atoms with Crippen LogP contribution in [0.25, 0.3) is 0 Å². The van der Waals surface area contributed by atoms with Crippen LogP contribution < -0.4 is 5.32 Å². The Morgan fingerprint density at radius 1 is 1.06 bits per heavy atom. The maximum atomic E-state index is 14.9. The summed E-state index contributed by atoms with van der Waals surface area (Å²) in [6, 6.07) is 14.2. The topological polar surface area (TPSA) is 74.6 Å². The Morgan fingerprint density at radius 2 is 1.80 bits per heavy atom. The Bertz CT molecular complexity index is 1210. The summed E-state index contributed by atoms with van der Waals surface area (Å²) in [6.45, 7) is 1.83. The lowest BCUT2D eigenvalue weighted by Crippen LogP contribution is -2.36. The Hall–Kier alpha value is -3.61. The lowest BCUT2D eigenvalue weighted by Gasteiger charge is -2.23. The van der Waals surface area contributed by atoms with Gasteiger partial charge in [0.25, 0.3) is 5.91 Å². The second-order valence-corrected chi connectivity index (χ2v) is 9.09. The fourth-order valence-corrected chi connectivity index (χ4v) is 4.71. The number of aryl methyl sites for hydroxylation is 1. The second kappa shape index (κ2) is 11.2. The van der Waals surface area contributed by atoms with E-state index in [0.717, 1.165) is 43.0 Å². The number of benzene rings is 2. The minimum absolute atomic E-state index is 0.127. The van der Waals surface area contributed by atoms with Crippen LogP contribution in [0, 0.1) is 18.6 Å². The first-order valence-corrected chi connectivity index (χ1v) is 11.9. The molecule has 1 saturated carbocycles. The number of hydrogen-bond donors (Lipinski definition) is 2. The number of nitrogens with one attached hydrogen (secondary N) is 1. The van der Waals surface area contributed by atoms with Crippen molar-refractivity contribution in [2.45, 2.75) is 57.4 Å². The van der Waals surface area contributed by atoms with Crippen molar-refractivity contribution in [3.8, 4) is 0 Å². The monoisotopic (exact) mass is 477 g/mol. The highest BCUT2D eigenvalue weighted by molar-refractivity contribution is 6.01. The maximum Gasteiger partial charge on any atom is 0.251 e. The fraction of sp³-hybridized carbons (Fsp3) is 0.321. The van der Waals surface area contributed by atoms with E-state index in [1.54, 1.807) is 42.6 Å². The van der Waals surface area contributed by atoms with Gasteiger partial charge in [0, 0.05) is 47.5 Å². The van der Waals surface area contributed by atoms with Gasteiger partial charge in [-0.2, -0.15) is 0 Å². The summed E-state index contributed by atoms with van der Waals surface area (Å²) < 4.78 is 28.5. The molecule has 3 aromatic rings. The Morgan fingerprint density at radius 3 is 2.46 bits per heavy atom. The largest absolute Gasteiger partial charge is 0.411 e. The van der Waals surface area contributed by atoms with Crippen molar-refractivity contribution < 1.29 is 18.8 Å². The highest BCUT2D eigenvalue weighted by Crippen LogP contribution is 2.32. The van der Waals surface area contributed by atoms with Crippen LogP contribution in [0.1, 0.15) is 77.2 Å². The Balaban J connectivity index is 1.62. The molecular formula is C28H29F2N3O2. The molecule has 0 saturated heterocycles. The molecule has 1 aromatic heterocycles. The van der Waals surface area contributed by atoms with Gasteiger partial charge in [0.15, 0.2) is 0 Å². The fourth-order valence-electron chi connectivity index (χ4n) is 4.71. The third-order valence-electron chi connectivity index (χ3n) is 6.60. The van der Waals surface area contributed by atoms with E-state index in [1.807, 2.05) is 6.92 Å². The molecular weight excluding hydrogens is 448 g/mol. The van der Waals surface area contributed by atoms with E-state index in [2.05, 4.69) is 15.5 Å². The smallest absolute Gasteiger partial charge is 0.251 e. The van der Waals surface area contributed by atoms with Crippen LogP contribution in [0.3, 0.4) is 0 Å². The van der Waals surface area contributed by atoms with Gasteiger partial charge in [-0.25, -0.2) is 8.78 Å². The third-order valence-corrected chi connectivity index (χ3v) is 6.60. The molecule has 1 heterocycles. The van der Waals surface area contributed by atoms with Gasteiger partial charge in [-0.05, 0) is 61.2 Å². The van der Waals surface area contributed by atoms with Gasteiger partial charge in [0.1, 0.15) is 11.6 Å². The summed E-state index contributed by atoms with van der Waals surface area (Å²) in [6.07, 6.45) is 7.22. The van der Waals surface area contributed by atoms with Gasteiger partial charge in [0.2, 0.25) is 0 Å². The first-order chi connectivity index (χ1) is 16.9. The molecule has 1 aliphatic rings. The zero-order valence-corrected chi connectivity index (χ0v) is 19.7. The van der Waals surface area contributed by atoms with Gasteiger partial charge in [-0.3, -0.25) is 9.78 Å². The zero-order chi connectivity index (χ0) is 24.8. The van der Waals surface area contributed by atoms with Gasteiger partial charge < -0.3 is 10.5 Å². The van der Waals surface area contributed by atoms with Crippen LogP contribution >= 0.6 is 0 Å². The second-order valence-electron chi connectivity index (χ2n) is 9.09. The number of carbonyl (C=O) groups is 1. The third kappa shape index (κ3) is 6.10. The standard InChI is InChI=1S/C28H29F2N3O2/c1-18-15-21(13-14-31-18)27(33-35)17-25(24-12-11-22(29)16-26(24)30)19-7-9-20(10-8-19)28(34)32-23-5-3-2-4-6-23/h7-16,23,25,35H,2-6,17H2,1H3,(H,32,34)/b33-27+. The van der Waals surface area contributed by atoms with E-state index in [4.69, 9.17) is 0 Å². The van der Waals surface area contributed by atoms with Crippen molar-refractivity contribution in [3.63, 3.8) is 0 Å². The van der Waals surface area contributed by atoms with E-state index in [-0.39, 0.29) is 23.9 Å². The van der Waals surface area contributed by atoms with Crippen LogP contribution in [-0.4, -0.2) is 27.9 Å². The lowest BCUT2D eigenvalue weighted by molar-refractivity contribution is 0.0927. The lowest BCUT2D eigenvalue weighted by atomic mass is 9.84. The Kier molecular flexibility index (Phi) is 7.85. The molecule has 0 radical (unpaired) electrons. The van der Waals surface area contributed by atoms with E-state index in [0.29, 0.717) is 16.8 Å². The van der Waals surface area contributed by atoms with E-state index < -0.39 is 17.6 Å². The number of carbonyl (C=O) groups excluding carboxylic acids is 1. The van der Waals surface area contributed by atoms with Crippen LogP contribution in [-0.2, 0) is 0 Å². The van der Waals surface area contributed by atoms with Gasteiger partial charge in [-0.1, -0.05) is 42.6 Å². The maximum absolute atomic E-state index is 14.9. The van der Waals surface area contributed by atoms with Crippen LogP contribution in [0.4, 0.5) is 8.78 Å². The number of aromatic nitrogens is 1. The molecule has 1 aliphatic carbocycles. The first-order valence-electron chi connectivity index (χ1n) is 11.9. The van der Waals surface area contributed by atoms with E-state index >= 15 is 0 Å². The summed E-state index contributed by atoms with van der Waals surface area (Å²) in [5.41, 5.74) is 3.29. The molecule has 1 amide bonds. The molecule has 0 aliphatic heterocycles. The SMILES string of the molecule is Cc1cc(/C(CC(c2ccc(C(=O)NC3CCCCC3)cc2)c2ccc(F)cc2F)=N/O)ccn1. The Labute approximate surface area is 203 Å². The van der Waals surface area contributed by atoms with Crippen molar-refractivity contribution in [1.82, 2.24) is 10.3 Å². The number of pyridine rings is 1. The quantitative estimate of drug-likeness (QED) is 0.244. The van der Waals surface area contributed by atoms with Crippen molar-refractivity contribution >= 4 is 11.6 Å². The van der Waals surface area contributed by atoms with E-state index in [1.165, 1.54) is 18.6 Å². The molecule has 2 N–H and O–H groups in total. The minimum atomic E-state index is -0.683. The summed E-state index contributed by atoms with van der Waals surface area (Å²) in [5.74, 6) is -2.04. The molecule has 1 unspecified atom stereocenters. The number of rotatable bonds is 7. The first kappa shape index (κ1) is 24.5. The number of hydrogen-bond acceptors (Lipinski definition) is 4. The average molecular weight is 478 g/mol. The van der Waals surface area contributed by atoms with Crippen molar-refractivity contribution in [2.24, 2.45) is 5.16 Å². The number of oxime groups is 1. The molecule has 2 aromatic carbocycles. The molecule has 1 fully saturated rings. The summed E-state index contributed by atoms with van der Waals surface area (Å²) in [5, 5.41) is 16.3. The molecule has 7 heteroatoms. The molecule has 182 valence electrons. The van der Waals surface area contributed by atoms with Crippen LogP contribution in [0.2, 0.25) is 0 Å². The zero-order valence-electron chi connectivity index (χ0n) is 19.7. The summed E-state index contributed by atoms with van der Waals surface area (Å²) >= 11 is 0. The van der Waals surface area contributed by atoms with Crippen molar-refractivity contribution in [3.05, 3.63) is 100 Å². The summed E-state index contributed by atoms with van der Waals surface area (Å²) in [7, 11) is 0. The predicted octanol–water partition coefficient (Wildman–Crippen LogP) is 6.13. The minimum Gasteiger partial charge on any atom is -0.411 e. The molecule has 5 nitrogen and oxygen atoms in total. The highest BCUT2D eigenvalue weighted by atomic mass is 19.1. The van der Waals surface area contributed by atoms with Gasteiger partial charge in [0.05, 0.1) is 5.71 Å². The number of halogens is 2. The van der Waals surface area contributed by atoms with Crippen LogP contribution in [0.5, 0.6) is 0 Å². The van der Waals surface area contributed by atoms with Crippen molar-refractivity contribution in [1.29, 1.82) is 0 Å². The molecule has 4 rings (SSSR count). The highest BCUT2D eigenvalue weighted by Gasteiger charge is 2.23. The molecule has 35 heavy (non-hydrogen) atoms. The predicted molar refractivity (Wildman–Crippen MR) is 131 cm³/mol. The van der Waals surface area contributed by atoms with Crippen molar-refractivity contribution in [2.75, 3.05) is 0 Å². The normalized spacial score (nSPS) is 15.6. The molecule has 0 spiro atoms. The number of nitrogens with zero attached hydrogens (tertiary/aromatic N) is 2. The number of amides is 1. The summed E-state index contributed by atoms with van der Waals surface area (Å²) in [4.78, 5) is 16.9. The van der Waals surface area contributed by atoms with E-state index in [9.17, 15) is 18.8 Å². The molecule has 1 atom stereocenters. The van der Waals surface area contributed by atoms with Crippen LogP contribution in [0.15, 0.2) is 65.9 Å². The molecule has 0 bridgehead atoms.